The van der Waals surface area contributed by atoms with Crippen molar-refractivity contribution < 1.29 is 8.83 Å². The Bertz CT molecular complexity index is 3200. The van der Waals surface area contributed by atoms with Crippen LogP contribution in [0.3, 0.4) is 0 Å². The summed E-state index contributed by atoms with van der Waals surface area (Å²) >= 11 is 0. The predicted octanol–water partition coefficient (Wildman–Crippen LogP) is 12.5. The van der Waals surface area contributed by atoms with E-state index in [9.17, 15) is 4.79 Å². The van der Waals surface area contributed by atoms with E-state index in [1.54, 1.807) is 0 Å². The molecule has 8 aromatic carbocycles. The van der Waals surface area contributed by atoms with E-state index < -0.39 is 5.41 Å². The molecule has 0 saturated carbocycles. The minimum atomic E-state index is -0.417. The average Bonchev–Trinajstić information content (AvgIpc) is 3.85. The molecule has 0 aliphatic heterocycles. The fraction of sp³-hybridized carbons (Fsp3) is 0.0200. The lowest BCUT2D eigenvalue weighted by Crippen LogP contribution is -2.25. The molecule has 2 heterocycles. The quantitative estimate of drug-likeness (QED) is 0.135. The molecule has 0 bridgehead atoms. The first kappa shape index (κ1) is 28.7. The maximum atomic E-state index is 13.7. The zero-order valence-electron chi connectivity index (χ0n) is 28.4. The summed E-state index contributed by atoms with van der Waals surface area (Å²) in [7, 11) is 0. The molecule has 0 saturated heterocycles. The van der Waals surface area contributed by atoms with Gasteiger partial charge in [-0.25, -0.2) is 4.79 Å². The second-order valence-electron chi connectivity index (χ2n) is 14.3. The molecule has 10 aromatic rings. The van der Waals surface area contributed by atoms with Gasteiger partial charge in [-0.15, -0.1) is 0 Å². The summed E-state index contributed by atoms with van der Waals surface area (Å²) in [4.78, 5) is 13.7. The Morgan fingerprint density at radius 3 is 1.66 bits per heavy atom. The lowest BCUT2D eigenvalue weighted by atomic mass is 9.70. The fourth-order valence-electron chi connectivity index (χ4n) is 9.57. The van der Waals surface area contributed by atoms with Crippen LogP contribution in [0.4, 0.5) is 0 Å². The first-order valence-corrected chi connectivity index (χ1v) is 18.0. The summed E-state index contributed by atoms with van der Waals surface area (Å²) in [5, 5.41) is 4.44. The number of rotatable bonds is 2. The van der Waals surface area contributed by atoms with Crippen molar-refractivity contribution in [1.82, 2.24) is 0 Å². The Morgan fingerprint density at radius 1 is 0.340 bits per heavy atom. The third kappa shape index (κ3) is 3.70. The molecule has 2 aliphatic rings. The predicted molar refractivity (Wildman–Crippen MR) is 214 cm³/mol. The molecular formula is C50H28O3. The Labute approximate surface area is 304 Å². The number of hydrogen-bond donors (Lipinski definition) is 0. The van der Waals surface area contributed by atoms with Gasteiger partial charge in [-0.1, -0.05) is 133 Å². The molecule has 2 aliphatic carbocycles. The van der Waals surface area contributed by atoms with Gasteiger partial charge in [0.1, 0.15) is 16.7 Å². The van der Waals surface area contributed by atoms with E-state index in [0.717, 1.165) is 55.0 Å². The number of para-hydroxylation sites is 1. The van der Waals surface area contributed by atoms with Crippen LogP contribution in [0.5, 0.6) is 0 Å². The summed E-state index contributed by atoms with van der Waals surface area (Å²) in [5.41, 5.74) is 15.9. The molecule has 3 nitrogen and oxygen atoms in total. The molecule has 0 fully saturated rings. The molecular weight excluding hydrogens is 649 g/mol. The third-order valence-corrected chi connectivity index (χ3v) is 11.8. The minimum absolute atomic E-state index is 0.349. The van der Waals surface area contributed by atoms with E-state index in [-0.39, 0.29) is 5.63 Å². The molecule has 0 radical (unpaired) electrons. The van der Waals surface area contributed by atoms with E-state index in [1.165, 1.54) is 44.5 Å². The van der Waals surface area contributed by atoms with Crippen molar-refractivity contribution in [2.45, 2.75) is 5.41 Å². The Balaban J connectivity index is 1.02. The van der Waals surface area contributed by atoms with Gasteiger partial charge in [-0.05, 0) is 109 Å². The van der Waals surface area contributed by atoms with Gasteiger partial charge in [-0.2, -0.15) is 0 Å². The standard InChI is InChI=1S/C50H28O3/c51-49-40-26-31(32-14-9-19-46-48(32)39-13-4-8-18-45(39)52-46)22-23-33(40)38-25-21-30(28-47(38)53-49)29-20-24-37-36-12-3-7-17-43(36)50(44(37)27-29)41-15-5-1-10-34(41)35-11-2-6-16-42(35)50/h1-28H. The molecule has 0 amide bonds. The maximum Gasteiger partial charge on any atom is 0.344 e. The smallest absolute Gasteiger partial charge is 0.344 e. The molecule has 1 spiro atoms. The molecule has 12 rings (SSSR count). The second-order valence-corrected chi connectivity index (χ2v) is 14.3. The largest absolute Gasteiger partial charge is 0.456 e. The average molecular weight is 677 g/mol. The molecule has 3 heteroatoms. The highest BCUT2D eigenvalue weighted by Crippen LogP contribution is 2.63. The minimum Gasteiger partial charge on any atom is -0.456 e. The summed E-state index contributed by atoms with van der Waals surface area (Å²) in [6, 6.07) is 59.9. The highest BCUT2D eigenvalue weighted by Gasteiger charge is 2.51. The van der Waals surface area contributed by atoms with E-state index >= 15 is 0 Å². The van der Waals surface area contributed by atoms with Crippen molar-refractivity contribution >= 4 is 43.7 Å². The molecule has 0 atom stereocenters. The van der Waals surface area contributed by atoms with Crippen molar-refractivity contribution in [1.29, 1.82) is 0 Å². The number of hydrogen-bond acceptors (Lipinski definition) is 3. The van der Waals surface area contributed by atoms with Gasteiger partial charge in [0.15, 0.2) is 0 Å². The van der Waals surface area contributed by atoms with Crippen LogP contribution in [0.2, 0.25) is 0 Å². The van der Waals surface area contributed by atoms with E-state index in [0.29, 0.717) is 11.0 Å². The van der Waals surface area contributed by atoms with Crippen LogP contribution in [-0.4, -0.2) is 0 Å². The van der Waals surface area contributed by atoms with Gasteiger partial charge in [0.2, 0.25) is 0 Å². The number of benzene rings is 8. The summed E-state index contributed by atoms with van der Waals surface area (Å²) < 4.78 is 12.3. The molecule has 2 aromatic heterocycles. The van der Waals surface area contributed by atoms with Gasteiger partial charge >= 0.3 is 5.63 Å². The van der Waals surface area contributed by atoms with Crippen LogP contribution in [0.25, 0.3) is 88.2 Å². The van der Waals surface area contributed by atoms with Crippen LogP contribution >= 0.6 is 0 Å². The van der Waals surface area contributed by atoms with E-state index in [2.05, 4.69) is 127 Å². The Kier molecular flexibility index (Phi) is 5.58. The van der Waals surface area contributed by atoms with Gasteiger partial charge in [-0.3, -0.25) is 0 Å². The normalized spacial score (nSPS) is 13.5. The monoisotopic (exact) mass is 676 g/mol. The van der Waals surface area contributed by atoms with Crippen LogP contribution in [-0.2, 0) is 5.41 Å². The van der Waals surface area contributed by atoms with Crippen LogP contribution in [0.15, 0.2) is 183 Å². The van der Waals surface area contributed by atoms with Gasteiger partial charge in [0.05, 0.1) is 10.8 Å². The summed E-state index contributed by atoms with van der Waals surface area (Å²) in [6.07, 6.45) is 0. The van der Waals surface area contributed by atoms with Crippen molar-refractivity contribution in [3.05, 3.63) is 203 Å². The molecule has 246 valence electrons. The maximum absolute atomic E-state index is 13.7. The lowest BCUT2D eigenvalue weighted by Gasteiger charge is -2.30. The topological polar surface area (TPSA) is 43.4 Å². The molecule has 53 heavy (non-hydrogen) atoms. The Hall–Kier alpha value is -6.97. The van der Waals surface area contributed by atoms with Crippen molar-refractivity contribution in [3.8, 4) is 44.5 Å². The molecule has 0 N–H and O–H groups in total. The second kappa shape index (κ2) is 10.3. The van der Waals surface area contributed by atoms with Crippen molar-refractivity contribution in [3.63, 3.8) is 0 Å². The van der Waals surface area contributed by atoms with Gasteiger partial charge in [0.25, 0.3) is 0 Å². The summed E-state index contributed by atoms with van der Waals surface area (Å²) in [6.45, 7) is 0. The SMILES string of the molecule is O=c1oc2cc(-c3ccc4c(c3)C3(c5ccccc5-c5ccccc53)c3ccccc3-4)ccc2c2ccc(-c3cccc4oc5ccccc5c34)cc12. The zero-order chi connectivity index (χ0) is 34.8. The summed E-state index contributed by atoms with van der Waals surface area (Å²) in [5.74, 6) is 0. The van der Waals surface area contributed by atoms with Crippen molar-refractivity contribution in [2.24, 2.45) is 0 Å². The number of fused-ring (bicyclic) bond motifs is 16. The first-order chi connectivity index (χ1) is 26.2. The number of furan rings is 1. The fourth-order valence-corrected chi connectivity index (χ4v) is 9.57. The third-order valence-electron chi connectivity index (χ3n) is 11.8. The van der Waals surface area contributed by atoms with E-state index in [4.69, 9.17) is 8.83 Å². The van der Waals surface area contributed by atoms with Crippen LogP contribution in [0.1, 0.15) is 22.3 Å². The first-order valence-electron chi connectivity index (χ1n) is 18.0. The lowest BCUT2D eigenvalue weighted by molar-refractivity contribution is 0.570. The van der Waals surface area contributed by atoms with E-state index in [1.807, 2.05) is 42.5 Å². The Morgan fingerprint density at radius 2 is 0.906 bits per heavy atom. The van der Waals surface area contributed by atoms with Crippen LogP contribution < -0.4 is 5.63 Å². The highest BCUT2D eigenvalue weighted by atomic mass is 16.4. The van der Waals surface area contributed by atoms with Gasteiger partial charge in [0, 0.05) is 16.2 Å². The van der Waals surface area contributed by atoms with Crippen LogP contribution in [0, 0.1) is 0 Å². The highest BCUT2D eigenvalue weighted by molar-refractivity contribution is 6.14. The van der Waals surface area contributed by atoms with Crippen molar-refractivity contribution in [2.75, 3.05) is 0 Å². The van der Waals surface area contributed by atoms with Gasteiger partial charge < -0.3 is 8.83 Å². The zero-order valence-corrected chi connectivity index (χ0v) is 28.4. The molecule has 0 unspecified atom stereocenters.